The Morgan fingerprint density at radius 1 is 1.33 bits per heavy atom. The second kappa shape index (κ2) is 3.61. The normalized spacial score (nSPS) is 16.8. The maximum Gasteiger partial charge on any atom is 0.316 e. The van der Waals surface area contributed by atoms with Crippen molar-refractivity contribution in [2.75, 3.05) is 7.11 Å². The first kappa shape index (κ1) is 11.3. The molecule has 3 rings (SSSR count). The number of benzene rings is 1. The Hall–Kier alpha value is -1.77. The molecule has 1 fully saturated rings. The van der Waals surface area contributed by atoms with Gasteiger partial charge in [-0.15, -0.1) is 0 Å². The molecule has 94 valence electrons. The van der Waals surface area contributed by atoms with E-state index in [2.05, 4.69) is 42.8 Å². The molecule has 0 bridgehead atoms. The number of carbonyl (C=O) groups excluding carboxylic acids is 1. The van der Waals surface area contributed by atoms with Gasteiger partial charge in [-0.2, -0.15) is 0 Å². The molecule has 0 N–H and O–H groups in total. The predicted octanol–water partition coefficient (Wildman–Crippen LogP) is 2.69. The van der Waals surface area contributed by atoms with Crippen molar-refractivity contribution >= 4 is 16.9 Å². The van der Waals surface area contributed by atoms with Crippen LogP contribution in [0, 0.1) is 6.92 Å². The van der Waals surface area contributed by atoms with Crippen LogP contribution >= 0.6 is 0 Å². The maximum atomic E-state index is 11.9. The summed E-state index contributed by atoms with van der Waals surface area (Å²) in [6.45, 7) is 2.09. The molecule has 18 heavy (non-hydrogen) atoms. The molecule has 1 aliphatic rings. The number of aryl methyl sites for hydroxylation is 2. The number of fused-ring (bicyclic) bond motifs is 1. The van der Waals surface area contributed by atoms with Crippen molar-refractivity contribution in [3.8, 4) is 0 Å². The van der Waals surface area contributed by atoms with Crippen molar-refractivity contribution in [2.24, 2.45) is 7.05 Å². The number of hydrogen-bond donors (Lipinski definition) is 0. The van der Waals surface area contributed by atoms with Crippen LogP contribution in [-0.4, -0.2) is 17.6 Å². The molecule has 3 heteroatoms. The van der Waals surface area contributed by atoms with E-state index in [1.54, 1.807) is 0 Å². The highest BCUT2D eigenvalue weighted by Gasteiger charge is 2.52. The summed E-state index contributed by atoms with van der Waals surface area (Å²) in [5, 5.41) is 1.20. The summed E-state index contributed by atoms with van der Waals surface area (Å²) in [5.74, 6) is -0.102. The van der Waals surface area contributed by atoms with Gasteiger partial charge in [0.05, 0.1) is 12.5 Å². The largest absolute Gasteiger partial charge is 0.468 e. The molecule has 1 aromatic heterocycles. The van der Waals surface area contributed by atoms with Crippen LogP contribution in [0.3, 0.4) is 0 Å². The summed E-state index contributed by atoms with van der Waals surface area (Å²) in [4.78, 5) is 11.9. The average Bonchev–Trinajstić information content (AvgIpc) is 3.13. The number of hydrogen-bond acceptors (Lipinski definition) is 2. The van der Waals surface area contributed by atoms with E-state index in [-0.39, 0.29) is 11.4 Å². The molecule has 0 atom stereocenters. The highest BCUT2D eigenvalue weighted by Crippen LogP contribution is 2.49. The van der Waals surface area contributed by atoms with E-state index >= 15 is 0 Å². The summed E-state index contributed by atoms with van der Waals surface area (Å²) < 4.78 is 7.09. The van der Waals surface area contributed by atoms with Crippen LogP contribution in [-0.2, 0) is 22.0 Å². The zero-order valence-electron chi connectivity index (χ0n) is 11.0. The quantitative estimate of drug-likeness (QED) is 0.759. The van der Waals surface area contributed by atoms with Gasteiger partial charge in [0.2, 0.25) is 0 Å². The van der Waals surface area contributed by atoms with Gasteiger partial charge in [-0.25, -0.2) is 0 Å². The minimum absolute atomic E-state index is 0.102. The lowest BCUT2D eigenvalue weighted by Crippen LogP contribution is -2.21. The lowest BCUT2D eigenvalue weighted by Gasteiger charge is -2.13. The Bertz CT molecular complexity index is 635. The van der Waals surface area contributed by atoms with Gasteiger partial charge in [-0.3, -0.25) is 4.79 Å². The van der Waals surface area contributed by atoms with E-state index in [1.165, 1.54) is 23.7 Å². The van der Waals surface area contributed by atoms with Gasteiger partial charge in [-0.1, -0.05) is 6.07 Å². The molecule has 2 aromatic rings. The maximum absolute atomic E-state index is 11.9. The van der Waals surface area contributed by atoms with Crippen molar-refractivity contribution in [2.45, 2.75) is 25.2 Å². The number of nitrogens with zero attached hydrogens (tertiary/aromatic N) is 1. The molecule has 1 aliphatic carbocycles. The molecule has 1 aromatic carbocycles. The number of methoxy groups -OCH3 is 1. The number of rotatable bonds is 2. The van der Waals surface area contributed by atoms with Crippen molar-refractivity contribution in [3.63, 3.8) is 0 Å². The minimum Gasteiger partial charge on any atom is -0.468 e. The smallest absolute Gasteiger partial charge is 0.316 e. The van der Waals surface area contributed by atoms with Crippen LogP contribution in [0.25, 0.3) is 10.9 Å². The highest BCUT2D eigenvalue weighted by atomic mass is 16.5. The molecule has 1 saturated carbocycles. The monoisotopic (exact) mass is 243 g/mol. The second-order valence-electron chi connectivity index (χ2n) is 5.19. The summed E-state index contributed by atoms with van der Waals surface area (Å²) in [6, 6.07) is 8.45. The Morgan fingerprint density at radius 2 is 2.06 bits per heavy atom. The number of aromatic nitrogens is 1. The Balaban J connectivity index is 2.12. The first-order valence-corrected chi connectivity index (χ1v) is 6.23. The molecule has 0 aliphatic heterocycles. The van der Waals surface area contributed by atoms with Crippen LogP contribution in [0.4, 0.5) is 0 Å². The molecule has 0 spiro atoms. The molecule has 0 amide bonds. The standard InChI is InChI=1S/C15H17NO2/c1-10-8-11-9-12(4-5-13(11)16(10)2)15(6-7-15)14(17)18-3/h4-5,8-9H,6-7H2,1-3H3. The van der Waals surface area contributed by atoms with Gasteiger partial charge >= 0.3 is 5.97 Å². The summed E-state index contributed by atoms with van der Waals surface area (Å²) in [7, 11) is 3.53. The Labute approximate surface area is 106 Å². The minimum atomic E-state index is -0.368. The molecule has 0 unspecified atom stereocenters. The van der Waals surface area contributed by atoms with Crippen molar-refractivity contribution in [3.05, 3.63) is 35.5 Å². The number of esters is 1. The van der Waals surface area contributed by atoms with Gasteiger partial charge in [0, 0.05) is 23.6 Å². The van der Waals surface area contributed by atoms with Gasteiger partial charge in [0.15, 0.2) is 0 Å². The summed E-state index contributed by atoms with van der Waals surface area (Å²) >= 11 is 0. The SMILES string of the molecule is COC(=O)C1(c2ccc3c(c2)cc(C)n3C)CC1. The second-order valence-corrected chi connectivity index (χ2v) is 5.19. The molecule has 1 heterocycles. The fourth-order valence-corrected chi connectivity index (χ4v) is 2.72. The van der Waals surface area contributed by atoms with Crippen molar-refractivity contribution in [1.82, 2.24) is 4.57 Å². The zero-order chi connectivity index (χ0) is 12.9. The predicted molar refractivity (Wildman–Crippen MR) is 70.6 cm³/mol. The fraction of sp³-hybridized carbons (Fsp3) is 0.400. The van der Waals surface area contributed by atoms with Crippen molar-refractivity contribution in [1.29, 1.82) is 0 Å². The summed E-state index contributed by atoms with van der Waals surface area (Å²) in [5.41, 5.74) is 3.15. The van der Waals surface area contributed by atoms with E-state index in [1.807, 2.05) is 0 Å². The van der Waals surface area contributed by atoms with Crippen molar-refractivity contribution < 1.29 is 9.53 Å². The van der Waals surface area contributed by atoms with E-state index in [0.717, 1.165) is 18.4 Å². The van der Waals surface area contributed by atoms with Gasteiger partial charge in [0.1, 0.15) is 0 Å². The van der Waals surface area contributed by atoms with E-state index in [9.17, 15) is 4.79 Å². The first-order chi connectivity index (χ1) is 8.58. The Kier molecular flexibility index (Phi) is 2.27. The van der Waals surface area contributed by atoms with Crippen LogP contribution in [0.5, 0.6) is 0 Å². The van der Waals surface area contributed by atoms with Crippen LogP contribution in [0.1, 0.15) is 24.1 Å². The van der Waals surface area contributed by atoms with Gasteiger partial charge < -0.3 is 9.30 Å². The zero-order valence-corrected chi connectivity index (χ0v) is 11.0. The summed E-state index contributed by atoms with van der Waals surface area (Å²) in [6.07, 6.45) is 1.80. The molecular formula is C15H17NO2. The third kappa shape index (κ3) is 1.40. The van der Waals surface area contributed by atoms with E-state index in [0.29, 0.717) is 0 Å². The van der Waals surface area contributed by atoms with Crippen LogP contribution in [0.2, 0.25) is 0 Å². The lowest BCUT2D eigenvalue weighted by atomic mass is 9.95. The number of ether oxygens (including phenoxy) is 1. The third-order valence-corrected chi connectivity index (χ3v) is 4.16. The van der Waals surface area contributed by atoms with Crippen LogP contribution in [0.15, 0.2) is 24.3 Å². The average molecular weight is 243 g/mol. The Morgan fingerprint density at radius 3 is 2.67 bits per heavy atom. The fourth-order valence-electron chi connectivity index (χ4n) is 2.72. The van der Waals surface area contributed by atoms with Gasteiger partial charge in [0.25, 0.3) is 0 Å². The molecule has 0 radical (unpaired) electrons. The van der Waals surface area contributed by atoms with E-state index in [4.69, 9.17) is 4.74 Å². The molecular weight excluding hydrogens is 226 g/mol. The topological polar surface area (TPSA) is 31.2 Å². The first-order valence-electron chi connectivity index (χ1n) is 6.23. The third-order valence-electron chi connectivity index (χ3n) is 4.16. The lowest BCUT2D eigenvalue weighted by molar-refractivity contribution is -0.143. The number of carbonyl (C=O) groups is 1. The highest BCUT2D eigenvalue weighted by molar-refractivity contribution is 5.89. The van der Waals surface area contributed by atoms with Crippen LogP contribution < -0.4 is 0 Å². The molecule has 3 nitrogen and oxygen atoms in total. The van der Waals surface area contributed by atoms with Gasteiger partial charge in [-0.05, 0) is 43.5 Å². The van der Waals surface area contributed by atoms with E-state index < -0.39 is 0 Å². The molecule has 0 saturated heterocycles.